The molecule has 7 heterocycles. The van der Waals surface area contributed by atoms with Crippen LogP contribution in [0.25, 0.3) is 21.7 Å². The van der Waals surface area contributed by atoms with Crippen molar-refractivity contribution in [1.82, 2.24) is 35.1 Å². The minimum Gasteiger partial charge on any atom is -0.368 e. The van der Waals surface area contributed by atoms with Gasteiger partial charge in [-0.2, -0.15) is 0 Å². The lowest BCUT2D eigenvalue weighted by Gasteiger charge is -2.49. The van der Waals surface area contributed by atoms with Gasteiger partial charge in [-0.15, -0.1) is 0 Å². The molecule has 60 heavy (non-hydrogen) atoms. The third-order valence-electron chi connectivity index (χ3n) is 13.4. The molecule has 1 unspecified atom stereocenters. The van der Waals surface area contributed by atoms with Crippen molar-refractivity contribution in [3.8, 4) is 0 Å². The zero-order valence-corrected chi connectivity index (χ0v) is 33.7. The number of hydrogen-bond donors (Lipinski definition) is 3. The van der Waals surface area contributed by atoms with Gasteiger partial charge in [-0.1, -0.05) is 41.6 Å². The van der Waals surface area contributed by atoms with E-state index in [1.165, 1.54) is 5.56 Å². The van der Waals surface area contributed by atoms with Gasteiger partial charge < -0.3 is 35.2 Å². The molecule has 5 fully saturated rings. The number of primary amides is 1. The average Bonchev–Trinajstić information content (AvgIpc) is 3.82. The molecule has 5 aliphatic heterocycles. The maximum atomic E-state index is 12.7. The molecule has 0 aliphatic carbocycles. The highest BCUT2D eigenvalue weighted by Gasteiger charge is 2.38. The van der Waals surface area contributed by atoms with Crippen LogP contribution in [-0.4, -0.2) is 125 Å². The van der Waals surface area contributed by atoms with Crippen LogP contribution in [0.15, 0.2) is 65.3 Å². The normalized spacial score (nSPS) is 22.2. The highest BCUT2D eigenvalue weighted by atomic mass is 16.5. The first-order valence-electron chi connectivity index (χ1n) is 21.1. The van der Waals surface area contributed by atoms with E-state index in [1.807, 2.05) is 36.2 Å². The van der Waals surface area contributed by atoms with Crippen LogP contribution in [0.4, 0.5) is 27.8 Å². The number of carbonyl (C=O) groups is 4. The predicted octanol–water partition coefficient (Wildman–Crippen LogP) is 4.54. The summed E-state index contributed by atoms with van der Waals surface area (Å²) in [7, 11) is 1.84. The molecule has 2 atom stereocenters. The molecule has 16 heteroatoms. The molecule has 5 amide bonds. The molecule has 5 aliphatic rings. The fourth-order valence-electron chi connectivity index (χ4n) is 9.95. The molecule has 5 aromatic rings. The molecular weight excluding hydrogens is 763 g/mol. The lowest BCUT2D eigenvalue weighted by molar-refractivity contribution is -0.134. The van der Waals surface area contributed by atoms with Crippen LogP contribution in [0.3, 0.4) is 0 Å². The molecule has 2 aromatic heterocycles. The second kappa shape index (κ2) is 15.4. The minimum atomic E-state index is -0.651. The Kier molecular flexibility index (Phi) is 9.73. The van der Waals surface area contributed by atoms with Crippen molar-refractivity contribution in [2.75, 3.05) is 74.5 Å². The fraction of sp³-hybridized carbons (Fsp3) is 0.432. The largest absolute Gasteiger partial charge is 0.368 e. The number of fused-ring (bicyclic) bond motifs is 3. The van der Waals surface area contributed by atoms with E-state index < -0.39 is 11.8 Å². The summed E-state index contributed by atoms with van der Waals surface area (Å²) in [5.74, 6) is -0.324. The van der Waals surface area contributed by atoms with Crippen LogP contribution in [-0.2, 0) is 9.59 Å². The third kappa shape index (κ3) is 6.91. The second-order valence-corrected chi connectivity index (χ2v) is 16.9. The summed E-state index contributed by atoms with van der Waals surface area (Å²) >= 11 is 0. The van der Waals surface area contributed by atoms with Crippen LogP contribution in [0.2, 0.25) is 0 Å². The predicted molar refractivity (Wildman–Crippen MR) is 226 cm³/mol. The lowest BCUT2D eigenvalue weighted by Crippen LogP contribution is -2.60. The Morgan fingerprint density at radius 3 is 2.38 bits per heavy atom. The number of nitrogens with zero attached hydrogens (tertiary/aromatic N) is 8. The number of amides is 5. The van der Waals surface area contributed by atoms with Gasteiger partial charge in [-0.25, -0.2) is 14.8 Å². The molecule has 0 bridgehead atoms. The number of urea groups is 1. The van der Waals surface area contributed by atoms with Crippen LogP contribution >= 0.6 is 0 Å². The van der Waals surface area contributed by atoms with Crippen molar-refractivity contribution < 1.29 is 23.7 Å². The third-order valence-corrected chi connectivity index (χ3v) is 13.4. The number of benzene rings is 3. The van der Waals surface area contributed by atoms with Crippen LogP contribution < -0.4 is 26.2 Å². The molecule has 4 N–H and O–H groups in total. The fourth-order valence-corrected chi connectivity index (χ4v) is 9.95. The lowest BCUT2D eigenvalue weighted by atomic mass is 9.88. The standard InChI is InChI=1S/C44H49N11O5/c1-51-19-20-55(44(51)59)29-5-4-16-53(23-29)36-22-46-40(41(45)57)42(48-36)47-28-10-8-26(9-11-28)27-14-17-52(18-15-27)30-24-54(25-30)34-21-35-38(32-7-3-2-6-31(32)34)39(50-60-35)33-12-13-37(56)49-43(33)58/h2-3,6-11,21-22,27,29-30,33H,4-5,12-20,23-25H2,1H3,(H2,45,57)(H,47,48)(H,49,56,58)/t29-,33?/m1/s1. The first kappa shape index (κ1) is 37.9. The Labute approximate surface area is 347 Å². The summed E-state index contributed by atoms with van der Waals surface area (Å²) in [6, 6.07) is 19.3. The molecule has 3 aromatic carbocycles. The van der Waals surface area contributed by atoms with Gasteiger partial charge in [0, 0.05) is 81.6 Å². The summed E-state index contributed by atoms with van der Waals surface area (Å²) in [5, 5.41) is 13.1. The zero-order chi connectivity index (χ0) is 41.1. The molecule has 5 saturated heterocycles. The van der Waals surface area contributed by atoms with E-state index in [2.05, 4.69) is 65.8 Å². The van der Waals surface area contributed by atoms with E-state index >= 15 is 0 Å². The summed E-state index contributed by atoms with van der Waals surface area (Å²) in [6.45, 7) is 6.77. The number of nitrogens with one attached hydrogen (secondary N) is 2. The maximum Gasteiger partial charge on any atom is 0.320 e. The molecule has 0 radical (unpaired) electrons. The number of likely N-dealkylation sites (N-methyl/N-ethyl adjacent to an activating group) is 1. The molecular formula is C44H49N11O5. The second-order valence-electron chi connectivity index (χ2n) is 16.9. The zero-order valence-electron chi connectivity index (χ0n) is 33.7. The number of likely N-dealkylation sites (tertiary alicyclic amines) is 1. The number of hydrogen-bond acceptors (Lipinski definition) is 12. The number of anilines is 4. The Balaban J connectivity index is 0.765. The number of aromatic nitrogens is 3. The molecule has 310 valence electrons. The van der Waals surface area contributed by atoms with Crippen LogP contribution in [0.1, 0.15) is 72.1 Å². The van der Waals surface area contributed by atoms with Crippen molar-refractivity contribution >= 4 is 68.5 Å². The SMILES string of the molecule is CN1CCN([C@@H]2CCCN(c3cnc(C(N)=O)c(Nc4ccc(C5CCN(C6CN(c7cc8onc(C9CCC(=O)NC9=O)c8c8ccccc78)C6)CC5)cc4)n3)C2)C1=O. The monoisotopic (exact) mass is 811 g/mol. The number of piperidine rings is 3. The van der Waals surface area contributed by atoms with E-state index in [-0.39, 0.29) is 36.0 Å². The Hall–Kier alpha value is -6.29. The van der Waals surface area contributed by atoms with Gasteiger partial charge in [0.1, 0.15) is 11.5 Å². The van der Waals surface area contributed by atoms with Crippen molar-refractivity contribution in [1.29, 1.82) is 0 Å². The minimum absolute atomic E-state index is 0.0671. The van der Waals surface area contributed by atoms with Crippen LogP contribution in [0, 0.1) is 0 Å². The number of imide groups is 1. The molecule has 16 nitrogen and oxygen atoms in total. The van der Waals surface area contributed by atoms with E-state index in [4.69, 9.17) is 15.2 Å². The Bertz CT molecular complexity index is 2490. The van der Waals surface area contributed by atoms with E-state index in [9.17, 15) is 19.2 Å². The highest BCUT2D eigenvalue weighted by molar-refractivity contribution is 6.14. The Morgan fingerprint density at radius 1 is 0.883 bits per heavy atom. The molecule has 0 saturated carbocycles. The van der Waals surface area contributed by atoms with Crippen molar-refractivity contribution in [3.05, 3.63) is 77.7 Å². The first-order valence-corrected chi connectivity index (χ1v) is 21.1. The van der Waals surface area contributed by atoms with E-state index in [1.54, 1.807) is 11.1 Å². The van der Waals surface area contributed by atoms with Gasteiger partial charge in [0.15, 0.2) is 17.1 Å². The first-order chi connectivity index (χ1) is 29.2. The van der Waals surface area contributed by atoms with Gasteiger partial charge in [-0.05, 0) is 74.2 Å². The maximum absolute atomic E-state index is 12.7. The number of carbonyl (C=O) groups excluding carboxylic acids is 4. The van der Waals surface area contributed by atoms with E-state index in [0.717, 1.165) is 99.0 Å². The summed E-state index contributed by atoms with van der Waals surface area (Å²) < 4.78 is 5.85. The summed E-state index contributed by atoms with van der Waals surface area (Å²) in [4.78, 5) is 69.8. The highest BCUT2D eigenvalue weighted by Crippen LogP contribution is 2.41. The number of rotatable bonds is 9. The van der Waals surface area contributed by atoms with Crippen LogP contribution in [0.5, 0.6) is 0 Å². The van der Waals surface area contributed by atoms with Crippen molar-refractivity contribution in [3.63, 3.8) is 0 Å². The van der Waals surface area contributed by atoms with Gasteiger partial charge >= 0.3 is 6.03 Å². The van der Waals surface area contributed by atoms with Gasteiger partial charge in [0.2, 0.25) is 11.8 Å². The van der Waals surface area contributed by atoms with Crippen molar-refractivity contribution in [2.24, 2.45) is 5.73 Å². The molecule has 0 spiro atoms. The average molecular weight is 812 g/mol. The smallest absolute Gasteiger partial charge is 0.320 e. The van der Waals surface area contributed by atoms with Gasteiger partial charge in [0.05, 0.1) is 23.5 Å². The van der Waals surface area contributed by atoms with Gasteiger partial charge in [0.25, 0.3) is 5.91 Å². The topological polar surface area (TPSA) is 186 Å². The molecule has 10 rings (SSSR count). The quantitative estimate of drug-likeness (QED) is 0.177. The number of nitrogens with two attached hydrogens (primary N) is 1. The van der Waals surface area contributed by atoms with Gasteiger partial charge in [-0.3, -0.25) is 24.6 Å². The van der Waals surface area contributed by atoms with E-state index in [0.29, 0.717) is 47.8 Å². The summed E-state index contributed by atoms with van der Waals surface area (Å²) in [6.07, 6.45) is 6.30. The Morgan fingerprint density at radius 2 is 1.65 bits per heavy atom. The van der Waals surface area contributed by atoms with Crippen molar-refractivity contribution in [2.45, 2.75) is 62.4 Å². The summed E-state index contributed by atoms with van der Waals surface area (Å²) in [5.41, 5.74) is 10.3.